The van der Waals surface area contributed by atoms with E-state index in [1.54, 1.807) is 6.26 Å². The Morgan fingerprint density at radius 1 is 1.25 bits per heavy atom. The number of carbonyl (C=O) groups excluding carboxylic acids is 1. The van der Waals surface area contributed by atoms with Crippen LogP contribution >= 0.6 is 11.8 Å². The Hall–Kier alpha value is -2.54. The minimum Gasteiger partial charge on any atom is -0.469 e. The molecule has 3 aromatic rings. The van der Waals surface area contributed by atoms with Gasteiger partial charge in [-0.2, -0.15) is 0 Å². The zero-order chi connectivity index (χ0) is 16.9. The molecule has 1 amide bonds. The lowest BCUT2D eigenvalue weighted by Crippen LogP contribution is -2.14. The maximum absolute atomic E-state index is 11.1. The molecule has 0 aliphatic heterocycles. The quantitative estimate of drug-likeness (QED) is 0.667. The predicted octanol–water partition coefficient (Wildman–Crippen LogP) is 2.67. The molecule has 24 heavy (non-hydrogen) atoms. The Kier molecular flexibility index (Phi) is 5.00. The Morgan fingerprint density at radius 2 is 2.04 bits per heavy atom. The highest BCUT2D eigenvalue weighted by Gasteiger charge is 2.17. The molecule has 2 aromatic heterocycles. The van der Waals surface area contributed by atoms with Gasteiger partial charge in [-0.1, -0.05) is 42.1 Å². The molecule has 0 bridgehead atoms. The number of aryl methyl sites for hydroxylation is 2. The van der Waals surface area contributed by atoms with E-state index >= 15 is 0 Å². The molecule has 2 N–H and O–H groups in total. The van der Waals surface area contributed by atoms with Crippen LogP contribution in [0.1, 0.15) is 11.3 Å². The fourth-order valence-electron chi connectivity index (χ4n) is 2.43. The van der Waals surface area contributed by atoms with E-state index < -0.39 is 0 Å². The largest absolute Gasteiger partial charge is 0.469 e. The van der Waals surface area contributed by atoms with Crippen molar-refractivity contribution in [1.29, 1.82) is 0 Å². The fourth-order valence-corrected chi connectivity index (χ4v) is 3.14. The van der Waals surface area contributed by atoms with Crippen molar-refractivity contribution in [2.75, 3.05) is 5.75 Å². The Balaban J connectivity index is 1.88. The van der Waals surface area contributed by atoms with Crippen molar-refractivity contribution < 1.29 is 9.21 Å². The van der Waals surface area contributed by atoms with Gasteiger partial charge in [0.1, 0.15) is 5.76 Å². The van der Waals surface area contributed by atoms with Gasteiger partial charge in [0.05, 0.1) is 17.6 Å². The van der Waals surface area contributed by atoms with Crippen molar-refractivity contribution in [2.45, 2.75) is 25.0 Å². The zero-order valence-electron chi connectivity index (χ0n) is 13.3. The van der Waals surface area contributed by atoms with Gasteiger partial charge >= 0.3 is 0 Å². The number of primary amides is 1. The molecule has 7 heteroatoms. The number of hydrogen-bond acceptors (Lipinski definition) is 5. The van der Waals surface area contributed by atoms with Gasteiger partial charge in [0.25, 0.3) is 0 Å². The monoisotopic (exact) mass is 342 g/mol. The number of thioether (sulfide) groups is 1. The second-order valence-electron chi connectivity index (χ2n) is 5.34. The van der Waals surface area contributed by atoms with Crippen LogP contribution in [0.25, 0.3) is 11.4 Å². The zero-order valence-corrected chi connectivity index (χ0v) is 14.1. The van der Waals surface area contributed by atoms with E-state index in [0.717, 1.165) is 23.6 Å². The molecule has 2 heterocycles. The minimum atomic E-state index is -0.376. The van der Waals surface area contributed by atoms with Crippen LogP contribution < -0.4 is 5.73 Å². The molecule has 0 saturated heterocycles. The number of hydrogen-bond donors (Lipinski definition) is 1. The van der Waals surface area contributed by atoms with Crippen LogP contribution in [0.5, 0.6) is 0 Å². The number of carbonyl (C=O) groups is 1. The third kappa shape index (κ3) is 3.68. The van der Waals surface area contributed by atoms with Crippen molar-refractivity contribution in [1.82, 2.24) is 14.8 Å². The SMILES string of the molecule is Cc1occc1-c1nnc(SCC(N)=O)n1CCc1ccccc1. The third-order valence-corrected chi connectivity index (χ3v) is 4.62. The van der Waals surface area contributed by atoms with Crippen molar-refractivity contribution in [3.05, 3.63) is 54.0 Å². The molecule has 0 aliphatic rings. The number of benzene rings is 1. The summed E-state index contributed by atoms with van der Waals surface area (Å²) in [6, 6.07) is 12.1. The Labute approximate surface area is 144 Å². The maximum atomic E-state index is 11.1. The van der Waals surface area contributed by atoms with E-state index in [1.807, 2.05) is 35.8 Å². The van der Waals surface area contributed by atoms with Gasteiger partial charge in [0.2, 0.25) is 5.91 Å². The van der Waals surface area contributed by atoms with Crippen molar-refractivity contribution in [2.24, 2.45) is 5.73 Å². The van der Waals surface area contributed by atoms with Gasteiger partial charge in [-0.25, -0.2) is 0 Å². The maximum Gasteiger partial charge on any atom is 0.227 e. The molecule has 0 saturated carbocycles. The summed E-state index contributed by atoms with van der Waals surface area (Å²) in [5.74, 6) is 1.33. The summed E-state index contributed by atoms with van der Waals surface area (Å²) >= 11 is 1.30. The van der Waals surface area contributed by atoms with E-state index in [2.05, 4.69) is 22.3 Å². The topological polar surface area (TPSA) is 86.9 Å². The highest BCUT2D eigenvalue weighted by molar-refractivity contribution is 7.99. The second-order valence-corrected chi connectivity index (χ2v) is 6.28. The van der Waals surface area contributed by atoms with Crippen LogP contribution in [0, 0.1) is 6.92 Å². The van der Waals surface area contributed by atoms with Crippen LogP contribution in [0.3, 0.4) is 0 Å². The van der Waals surface area contributed by atoms with Gasteiger partial charge in [0.15, 0.2) is 11.0 Å². The predicted molar refractivity (Wildman–Crippen MR) is 92.5 cm³/mol. The van der Waals surface area contributed by atoms with Gasteiger partial charge < -0.3 is 14.7 Å². The minimum absolute atomic E-state index is 0.174. The molecule has 0 unspecified atom stereocenters. The summed E-state index contributed by atoms with van der Waals surface area (Å²) in [4.78, 5) is 11.1. The van der Waals surface area contributed by atoms with Gasteiger partial charge in [-0.3, -0.25) is 4.79 Å². The molecule has 1 aromatic carbocycles. The summed E-state index contributed by atoms with van der Waals surface area (Å²) in [6.07, 6.45) is 2.48. The van der Waals surface area contributed by atoms with Crippen molar-refractivity contribution in [3.8, 4) is 11.4 Å². The molecular weight excluding hydrogens is 324 g/mol. The number of nitrogens with two attached hydrogens (primary N) is 1. The molecular formula is C17H18N4O2S. The van der Waals surface area contributed by atoms with Crippen LogP contribution in [-0.2, 0) is 17.8 Å². The van der Waals surface area contributed by atoms with Gasteiger partial charge in [0, 0.05) is 6.54 Å². The van der Waals surface area contributed by atoms with E-state index in [-0.39, 0.29) is 11.7 Å². The lowest BCUT2D eigenvalue weighted by molar-refractivity contribution is -0.115. The number of aromatic nitrogens is 3. The normalized spacial score (nSPS) is 10.9. The summed E-state index contributed by atoms with van der Waals surface area (Å²) in [5, 5.41) is 9.19. The molecule has 0 atom stereocenters. The first-order chi connectivity index (χ1) is 11.6. The summed E-state index contributed by atoms with van der Waals surface area (Å²) in [6.45, 7) is 2.60. The number of amides is 1. The highest BCUT2D eigenvalue weighted by atomic mass is 32.2. The standard InChI is InChI=1S/C17H18N4O2S/c1-12-14(8-10-23-12)16-19-20-17(24-11-15(18)22)21(16)9-7-13-5-3-2-4-6-13/h2-6,8,10H,7,9,11H2,1H3,(H2,18,22). The first kappa shape index (κ1) is 16.3. The van der Waals surface area contributed by atoms with Crippen LogP contribution in [-0.4, -0.2) is 26.4 Å². The van der Waals surface area contributed by atoms with E-state index in [4.69, 9.17) is 10.2 Å². The van der Waals surface area contributed by atoms with Crippen LogP contribution in [0.2, 0.25) is 0 Å². The van der Waals surface area contributed by atoms with E-state index in [0.29, 0.717) is 11.7 Å². The van der Waals surface area contributed by atoms with Crippen LogP contribution in [0.15, 0.2) is 52.2 Å². The number of furan rings is 1. The number of nitrogens with zero attached hydrogens (tertiary/aromatic N) is 3. The molecule has 0 spiro atoms. The van der Waals surface area contributed by atoms with Crippen molar-refractivity contribution in [3.63, 3.8) is 0 Å². The van der Waals surface area contributed by atoms with Crippen LogP contribution in [0.4, 0.5) is 0 Å². The van der Waals surface area contributed by atoms with Gasteiger partial charge in [-0.15, -0.1) is 10.2 Å². The lowest BCUT2D eigenvalue weighted by atomic mass is 10.1. The molecule has 6 nitrogen and oxygen atoms in total. The lowest BCUT2D eigenvalue weighted by Gasteiger charge is -2.09. The third-order valence-electron chi connectivity index (χ3n) is 3.63. The van der Waals surface area contributed by atoms with E-state index in [1.165, 1.54) is 17.3 Å². The molecule has 124 valence electrons. The van der Waals surface area contributed by atoms with Crippen molar-refractivity contribution >= 4 is 17.7 Å². The first-order valence-corrected chi connectivity index (χ1v) is 8.56. The fraction of sp³-hybridized carbons (Fsp3) is 0.235. The average molecular weight is 342 g/mol. The first-order valence-electron chi connectivity index (χ1n) is 7.58. The molecule has 0 radical (unpaired) electrons. The highest BCUT2D eigenvalue weighted by Crippen LogP contribution is 2.27. The Morgan fingerprint density at radius 3 is 2.71 bits per heavy atom. The summed E-state index contributed by atoms with van der Waals surface area (Å²) < 4.78 is 7.39. The average Bonchev–Trinajstić information content (AvgIpc) is 3.17. The second kappa shape index (κ2) is 7.35. The van der Waals surface area contributed by atoms with Gasteiger partial charge in [-0.05, 0) is 25.0 Å². The van der Waals surface area contributed by atoms with E-state index in [9.17, 15) is 4.79 Å². The smallest absolute Gasteiger partial charge is 0.227 e. The number of rotatable bonds is 7. The summed E-state index contributed by atoms with van der Waals surface area (Å²) in [7, 11) is 0. The Bertz CT molecular complexity index is 826. The molecule has 0 fully saturated rings. The molecule has 3 rings (SSSR count). The summed E-state index contributed by atoms with van der Waals surface area (Å²) in [5.41, 5.74) is 7.38. The molecule has 0 aliphatic carbocycles.